The monoisotopic (exact) mass is 216 g/mol. The van der Waals surface area contributed by atoms with Crippen LogP contribution in [0, 0.1) is 0 Å². The van der Waals surface area contributed by atoms with Gasteiger partial charge in [-0.1, -0.05) is 11.6 Å². The maximum atomic E-state index is 9.69. The van der Waals surface area contributed by atoms with Crippen LogP contribution in [0.5, 0.6) is 0 Å². The van der Waals surface area contributed by atoms with Crippen LogP contribution in [0.2, 0.25) is 5.02 Å². The van der Waals surface area contributed by atoms with Gasteiger partial charge in [-0.2, -0.15) is 0 Å². The molecule has 0 aromatic carbocycles. The van der Waals surface area contributed by atoms with Crippen LogP contribution >= 0.6 is 11.6 Å². The van der Waals surface area contributed by atoms with Crippen molar-refractivity contribution >= 4 is 11.6 Å². The highest BCUT2D eigenvalue weighted by Crippen LogP contribution is 2.23. The Labute approximate surface area is 87.6 Å². The van der Waals surface area contributed by atoms with E-state index >= 15 is 0 Å². The van der Waals surface area contributed by atoms with Crippen LogP contribution < -0.4 is 5.32 Å². The molecular weight excluding hydrogens is 204 g/mol. The van der Waals surface area contributed by atoms with Gasteiger partial charge in [-0.25, -0.2) is 0 Å². The van der Waals surface area contributed by atoms with E-state index < -0.39 is 12.2 Å². The van der Waals surface area contributed by atoms with Crippen molar-refractivity contribution < 1.29 is 10.2 Å². The van der Waals surface area contributed by atoms with Gasteiger partial charge in [0.25, 0.3) is 0 Å². The van der Waals surface area contributed by atoms with Crippen LogP contribution in [0.3, 0.4) is 0 Å². The van der Waals surface area contributed by atoms with E-state index in [0.717, 1.165) is 0 Å². The lowest BCUT2D eigenvalue weighted by Crippen LogP contribution is -2.29. The average Bonchev–Trinajstić information content (AvgIpc) is 2.18. The predicted molar refractivity (Wildman–Crippen MR) is 54.1 cm³/mol. The molecule has 0 fully saturated rings. The summed E-state index contributed by atoms with van der Waals surface area (Å²) in [5, 5.41) is 22.4. The standard InChI is InChI=1S/C9H13ClN2O2/c1-11-5-8(13)9(14)6-4-12-3-2-7(6)10/h2-4,8-9,11,13-14H,5H2,1H3. The van der Waals surface area contributed by atoms with E-state index in [9.17, 15) is 10.2 Å². The summed E-state index contributed by atoms with van der Waals surface area (Å²) in [6.07, 6.45) is 1.08. The lowest BCUT2D eigenvalue weighted by Gasteiger charge is -2.18. The lowest BCUT2D eigenvalue weighted by molar-refractivity contribution is 0.0201. The summed E-state index contributed by atoms with van der Waals surface area (Å²) in [4.78, 5) is 3.83. The Kier molecular flexibility index (Phi) is 4.28. The Morgan fingerprint density at radius 3 is 2.86 bits per heavy atom. The van der Waals surface area contributed by atoms with Crippen LogP contribution in [0.4, 0.5) is 0 Å². The van der Waals surface area contributed by atoms with E-state index in [0.29, 0.717) is 17.1 Å². The molecule has 0 bridgehead atoms. The van der Waals surface area contributed by atoms with Gasteiger partial charge in [-0.05, 0) is 13.1 Å². The Morgan fingerprint density at radius 2 is 2.29 bits per heavy atom. The summed E-state index contributed by atoms with van der Waals surface area (Å²) in [6.45, 7) is 0.298. The molecule has 2 unspecified atom stereocenters. The number of hydrogen-bond donors (Lipinski definition) is 3. The number of aliphatic hydroxyl groups excluding tert-OH is 2. The number of nitrogens with one attached hydrogen (secondary N) is 1. The summed E-state index contributed by atoms with van der Waals surface area (Å²) in [7, 11) is 1.70. The molecule has 0 spiro atoms. The van der Waals surface area contributed by atoms with Crippen molar-refractivity contribution in [3.8, 4) is 0 Å². The second kappa shape index (κ2) is 5.26. The molecule has 3 N–H and O–H groups in total. The molecule has 1 aromatic heterocycles. The first-order chi connectivity index (χ1) is 6.66. The summed E-state index contributed by atoms with van der Waals surface area (Å²) in [5.74, 6) is 0. The molecule has 0 amide bonds. The summed E-state index contributed by atoms with van der Waals surface area (Å²) in [6, 6.07) is 1.58. The molecule has 1 rings (SSSR count). The molecule has 14 heavy (non-hydrogen) atoms. The third kappa shape index (κ3) is 2.65. The van der Waals surface area contributed by atoms with Gasteiger partial charge in [0.1, 0.15) is 6.10 Å². The maximum Gasteiger partial charge on any atom is 0.109 e. The molecule has 2 atom stereocenters. The van der Waals surface area contributed by atoms with Gasteiger partial charge in [0, 0.05) is 29.5 Å². The first-order valence-electron chi connectivity index (χ1n) is 4.27. The van der Waals surface area contributed by atoms with E-state index in [1.807, 2.05) is 0 Å². The minimum atomic E-state index is -1.01. The van der Waals surface area contributed by atoms with E-state index in [1.165, 1.54) is 12.4 Å². The normalized spacial score (nSPS) is 15.1. The molecule has 0 saturated carbocycles. The fourth-order valence-corrected chi connectivity index (χ4v) is 1.35. The molecule has 1 heterocycles. The number of nitrogens with zero attached hydrogens (tertiary/aromatic N) is 1. The largest absolute Gasteiger partial charge is 0.389 e. The SMILES string of the molecule is CNCC(O)C(O)c1cnccc1Cl. The quantitative estimate of drug-likeness (QED) is 0.680. The van der Waals surface area contributed by atoms with Crippen LogP contribution in [0.1, 0.15) is 11.7 Å². The van der Waals surface area contributed by atoms with Crippen molar-refractivity contribution in [2.24, 2.45) is 0 Å². The minimum absolute atomic E-state index is 0.298. The number of rotatable bonds is 4. The third-order valence-electron chi connectivity index (χ3n) is 1.89. The second-order valence-electron chi connectivity index (χ2n) is 2.97. The fraction of sp³-hybridized carbons (Fsp3) is 0.444. The number of aromatic nitrogens is 1. The van der Waals surface area contributed by atoms with E-state index in [1.54, 1.807) is 13.1 Å². The third-order valence-corrected chi connectivity index (χ3v) is 2.24. The zero-order chi connectivity index (χ0) is 10.6. The topological polar surface area (TPSA) is 65.4 Å². The van der Waals surface area contributed by atoms with Crippen molar-refractivity contribution in [2.45, 2.75) is 12.2 Å². The van der Waals surface area contributed by atoms with Crippen LogP contribution in [-0.2, 0) is 0 Å². The molecule has 1 aromatic rings. The highest BCUT2D eigenvalue weighted by atomic mass is 35.5. The zero-order valence-corrected chi connectivity index (χ0v) is 8.57. The smallest absolute Gasteiger partial charge is 0.109 e. The van der Waals surface area contributed by atoms with Crippen molar-refractivity contribution in [1.82, 2.24) is 10.3 Å². The molecular formula is C9H13ClN2O2. The molecule has 0 saturated heterocycles. The van der Waals surface area contributed by atoms with Crippen molar-refractivity contribution in [2.75, 3.05) is 13.6 Å². The van der Waals surface area contributed by atoms with Gasteiger partial charge in [-0.3, -0.25) is 4.98 Å². The summed E-state index contributed by atoms with van der Waals surface area (Å²) < 4.78 is 0. The first kappa shape index (κ1) is 11.4. The van der Waals surface area contributed by atoms with Crippen LogP contribution in [-0.4, -0.2) is 34.9 Å². The Bertz CT molecular complexity index is 296. The highest BCUT2D eigenvalue weighted by molar-refractivity contribution is 6.31. The van der Waals surface area contributed by atoms with Gasteiger partial charge in [0.05, 0.1) is 6.10 Å². The predicted octanol–water partition coefficient (Wildman–Crippen LogP) is 0.349. The molecule has 4 nitrogen and oxygen atoms in total. The Balaban J connectivity index is 2.78. The molecule has 5 heteroatoms. The summed E-state index contributed by atoms with van der Waals surface area (Å²) in [5.41, 5.74) is 0.442. The summed E-state index contributed by atoms with van der Waals surface area (Å²) >= 11 is 5.83. The van der Waals surface area contributed by atoms with E-state index in [4.69, 9.17) is 11.6 Å². The Morgan fingerprint density at radius 1 is 1.57 bits per heavy atom. The number of pyridine rings is 1. The minimum Gasteiger partial charge on any atom is -0.389 e. The molecule has 78 valence electrons. The molecule has 0 aliphatic carbocycles. The second-order valence-corrected chi connectivity index (χ2v) is 3.37. The van der Waals surface area contributed by atoms with E-state index in [2.05, 4.69) is 10.3 Å². The van der Waals surface area contributed by atoms with Gasteiger partial charge in [0.2, 0.25) is 0 Å². The Hall–Kier alpha value is -0.680. The first-order valence-corrected chi connectivity index (χ1v) is 4.64. The average molecular weight is 217 g/mol. The number of hydrogen-bond acceptors (Lipinski definition) is 4. The lowest BCUT2D eigenvalue weighted by atomic mass is 10.1. The molecule has 0 radical (unpaired) electrons. The van der Waals surface area contributed by atoms with Gasteiger partial charge < -0.3 is 15.5 Å². The zero-order valence-electron chi connectivity index (χ0n) is 7.81. The van der Waals surface area contributed by atoms with Crippen LogP contribution in [0.15, 0.2) is 18.5 Å². The van der Waals surface area contributed by atoms with Crippen molar-refractivity contribution in [1.29, 1.82) is 0 Å². The highest BCUT2D eigenvalue weighted by Gasteiger charge is 2.19. The van der Waals surface area contributed by atoms with Gasteiger partial charge >= 0.3 is 0 Å². The molecule has 0 aliphatic rings. The van der Waals surface area contributed by atoms with E-state index in [-0.39, 0.29) is 0 Å². The number of likely N-dealkylation sites (N-methyl/N-ethyl adjacent to an activating group) is 1. The van der Waals surface area contributed by atoms with Crippen LogP contribution in [0.25, 0.3) is 0 Å². The van der Waals surface area contributed by atoms with Crippen molar-refractivity contribution in [3.63, 3.8) is 0 Å². The molecule has 0 aliphatic heterocycles. The number of halogens is 1. The van der Waals surface area contributed by atoms with Gasteiger partial charge in [-0.15, -0.1) is 0 Å². The fourth-order valence-electron chi connectivity index (χ4n) is 1.14. The number of aliphatic hydroxyl groups is 2. The maximum absolute atomic E-state index is 9.69. The van der Waals surface area contributed by atoms with Gasteiger partial charge in [0.15, 0.2) is 0 Å². The van der Waals surface area contributed by atoms with Crippen molar-refractivity contribution in [3.05, 3.63) is 29.0 Å².